The van der Waals surface area contributed by atoms with E-state index in [-0.39, 0.29) is 0 Å². The fraction of sp³-hybridized carbons (Fsp3) is 0.417. The number of fused-ring (bicyclic) bond motifs is 1. The molecule has 1 fully saturated rings. The van der Waals surface area contributed by atoms with Crippen LogP contribution in [-0.2, 0) is 0 Å². The Hall–Kier alpha value is -0.670. The van der Waals surface area contributed by atoms with Crippen molar-refractivity contribution < 1.29 is 0 Å². The summed E-state index contributed by atoms with van der Waals surface area (Å²) in [5.74, 6) is 4.10. The molecule has 0 aliphatic carbocycles. The minimum absolute atomic E-state index is 0.562. The maximum Gasteiger partial charge on any atom is 0.155 e. The summed E-state index contributed by atoms with van der Waals surface area (Å²) >= 11 is 8.17. The SMILES string of the molecule is Cc1ccc2c(Cl)nc(C3CCSC3)n2c1. The molecule has 0 bridgehead atoms. The van der Waals surface area contributed by atoms with E-state index in [9.17, 15) is 0 Å². The number of nitrogens with zero attached hydrogens (tertiary/aromatic N) is 2. The molecule has 3 rings (SSSR count). The van der Waals surface area contributed by atoms with Crippen molar-refractivity contribution in [3.63, 3.8) is 0 Å². The van der Waals surface area contributed by atoms with Gasteiger partial charge in [0.1, 0.15) is 5.82 Å². The third-order valence-electron chi connectivity index (χ3n) is 3.06. The highest BCUT2D eigenvalue weighted by atomic mass is 35.5. The Labute approximate surface area is 104 Å². The molecule has 1 saturated heterocycles. The fourth-order valence-corrected chi connectivity index (χ4v) is 3.66. The Morgan fingerprint density at radius 1 is 1.50 bits per heavy atom. The van der Waals surface area contributed by atoms with Gasteiger partial charge in [0, 0.05) is 17.9 Å². The second kappa shape index (κ2) is 3.97. The molecule has 1 aliphatic rings. The van der Waals surface area contributed by atoms with E-state index in [0.29, 0.717) is 11.1 Å². The molecule has 2 aromatic rings. The molecule has 0 saturated carbocycles. The highest BCUT2D eigenvalue weighted by Crippen LogP contribution is 2.33. The molecular weight excluding hydrogens is 240 g/mol. The number of rotatable bonds is 1. The first-order valence-corrected chi connectivity index (χ1v) is 7.01. The van der Waals surface area contributed by atoms with Gasteiger partial charge in [-0.15, -0.1) is 0 Å². The van der Waals surface area contributed by atoms with Gasteiger partial charge in [-0.05, 0) is 30.7 Å². The van der Waals surface area contributed by atoms with Gasteiger partial charge in [-0.3, -0.25) is 0 Å². The van der Waals surface area contributed by atoms with Crippen LogP contribution in [0.5, 0.6) is 0 Å². The zero-order valence-electron chi connectivity index (χ0n) is 9.11. The molecule has 1 atom stereocenters. The molecular formula is C12H13ClN2S. The highest BCUT2D eigenvalue weighted by Gasteiger charge is 2.23. The third-order valence-corrected chi connectivity index (χ3v) is 4.50. The summed E-state index contributed by atoms with van der Waals surface area (Å²) in [6.45, 7) is 2.10. The summed E-state index contributed by atoms with van der Waals surface area (Å²) in [6, 6.07) is 4.13. The molecule has 0 radical (unpaired) electrons. The van der Waals surface area contributed by atoms with Crippen LogP contribution in [0.2, 0.25) is 5.15 Å². The summed E-state index contributed by atoms with van der Waals surface area (Å²) in [4.78, 5) is 4.53. The van der Waals surface area contributed by atoms with E-state index < -0.39 is 0 Å². The second-order valence-electron chi connectivity index (χ2n) is 4.28. The van der Waals surface area contributed by atoms with E-state index in [1.54, 1.807) is 0 Å². The maximum absolute atomic E-state index is 6.17. The maximum atomic E-state index is 6.17. The molecule has 16 heavy (non-hydrogen) atoms. The predicted molar refractivity (Wildman–Crippen MR) is 69.6 cm³/mol. The van der Waals surface area contributed by atoms with Crippen LogP contribution >= 0.6 is 23.4 Å². The first kappa shape index (κ1) is 10.5. The smallest absolute Gasteiger partial charge is 0.155 e. The molecule has 1 unspecified atom stereocenters. The van der Waals surface area contributed by atoms with Crippen LogP contribution in [0.15, 0.2) is 18.3 Å². The van der Waals surface area contributed by atoms with Crippen LogP contribution in [0.25, 0.3) is 5.52 Å². The lowest BCUT2D eigenvalue weighted by Gasteiger charge is -2.07. The number of hydrogen-bond donors (Lipinski definition) is 0. The quantitative estimate of drug-likeness (QED) is 0.773. The number of pyridine rings is 1. The summed E-state index contributed by atoms with van der Waals surface area (Å²) in [6.07, 6.45) is 3.35. The number of hydrogen-bond acceptors (Lipinski definition) is 2. The largest absolute Gasteiger partial charge is 0.302 e. The average Bonchev–Trinajstić information content (AvgIpc) is 2.86. The monoisotopic (exact) mass is 252 g/mol. The highest BCUT2D eigenvalue weighted by molar-refractivity contribution is 7.99. The van der Waals surface area contributed by atoms with Crippen molar-refractivity contribution in [2.75, 3.05) is 11.5 Å². The van der Waals surface area contributed by atoms with Gasteiger partial charge in [0.15, 0.2) is 5.15 Å². The zero-order chi connectivity index (χ0) is 11.1. The molecule has 1 aliphatic heterocycles. The van der Waals surface area contributed by atoms with E-state index in [1.165, 1.54) is 23.5 Å². The number of aryl methyl sites for hydroxylation is 1. The average molecular weight is 253 g/mol. The van der Waals surface area contributed by atoms with Crippen molar-refractivity contribution in [1.82, 2.24) is 9.38 Å². The van der Waals surface area contributed by atoms with Gasteiger partial charge in [-0.2, -0.15) is 11.8 Å². The summed E-state index contributed by atoms with van der Waals surface area (Å²) in [7, 11) is 0. The normalized spacial score (nSPS) is 20.8. The van der Waals surface area contributed by atoms with Gasteiger partial charge in [0.05, 0.1) is 5.52 Å². The molecule has 2 aromatic heterocycles. The van der Waals surface area contributed by atoms with E-state index in [0.717, 1.165) is 11.3 Å². The summed E-state index contributed by atoms with van der Waals surface area (Å²) in [5, 5.41) is 0.631. The van der Waals surface area contributed by atoms with Crippen LogP contribution in [0.3, 0.4) is 0 Å². The van der Waals surface area contributed by atoms with Crippen molar-refractivity contribution in [2.24, 2.45) is 0 Å². The lowest BCUT2D eigenvalue weighted by molar-refractivity contribution is 0.713. The summed E-state index contributed by atoms with van der Waals surface area (Å²) < 4.78 is 2.16. The predicted octanol–water partition coefficient (Wildman–Crippen LogP) is 3.52. The van der Waals surface area contributed by atoms with Crippen LogP contribution in [0.4, 0.5) is 0 Å². The van der Waals surface area contributed by atoms with Crippen LogP contribution < -0.4 is 0 Å². The standard InChI is InChI=1S/C12H13ClN2S/c1-8-2-3-10-11(13)14-12(15(10)6-8)9-4-5-16-7-9/h2-3,6,9H,4-5,7H2,1H3. The minimum Gasteiger partial charge on any atom is -0.302 e. The van der Waals surface area contributed by atoms with Gasteiger partial charge in [0.2, 0.25) is 0 Å². The Morgan fingerprint density at radius 2 is 2.38 bits per heavy atom. The number of aromatic nitrogens is 2. The second-order valence-corrected chi connectivity index (χ2v) is 5.79. The zero-order valence-corrected chi connectivity index (χ0v) is 10.7. The molecule has 3 heterocycles. The van der Waals surface area contributed by atoms with Crippen LogP contribution in [0.1, 0.15) is 23.7 Å². The Morgan fingerprint density at radius 3 is 3.12 bits per heavy atom. The topological polar surface area (TPSA) is 17.3 Å². The van der Waals surface area contributed by atoms with E-state index in [4.69, 9.17) is 11.6 Å². The molecule has 0 spiro atoms. The third kappa shape index (κ3) is 1.62. The first-order chi connectivity index (χ1) is 7.75. The van der Waals surface area contributed by atoms with Gasteiger partial charge < -0.3 is 4.40 Å². The minimum atomic E-state index is 0.562. The summed E-state index contributed by atoms with van der Waals surface area (Å²) in [5.41, 5.74) is 2.27. The van der Waals surface area contributed by atoms with Crippen molar-refractivity contribution in [2.45, 2.75) is 19.3 Å². The van der Waals surface area contributed by atoms with Gasteiger partial charge >= 0.3 is 0 Å². The molecule has 84 valence electrons. The fourth-order valence-electron chi connectivity index (χ4n) is 2.20. The molecule has 0 amide bonds. The van der Waals surface area contributed by atoms with E-state index in [1.807, 2.05) is 11.8 Å². The van der Waals surface area contributed by atoms with E-state index >= 15 is 0 Å². The van der Waals surface area contributed by atoms with Crippen molar-refractivity contribution in [3.05, 3.63) is 34.9 Å². The lowest BCUT2D eigenvalue weighted by Crippen LogP contribution is -2.03. The number of thioether (sulfide) groups is 1. The first-order valence-electron chi connectivity index (χ1n) is 5.47. The molecule has 0 aromatic carbocycles. The van der Waals surface area contributed by atoms with E-state index in [2.05, 4.69) is 34.6 Å². The van der Waals surface area contributed by atoms with Crippen molar-refractivity contribution in [1.29, 1.82) is 0 Å². The lowest BCUT2D eigenvalue weighted by atomic mass is 10.1. The Kier molecular flexibility index (Phi) is 2.60. The van der Waals surface area contributed by atoms with Crippen molar-refractivity contribution in [3.8, 4) is 0 Å². The Balaban J connectivity index is 2.19. The van der Waals surface area contributed by atoms with Gasteiger partial charge in [-0.1, -0.05) is 17.7 Å². The van der Waals surface area contributed by atoms with Gasteiger partial charge in [0.25, 0.3) is 0 Å². The van der Waals surface area contributed by atoms with Crippen LogP contribution in [-0.4, -0.2) is 20.9 Å². The molecule has 4 heteroatoms. The number of halogens is 1. The Bertz CT molecular complexity index is 529. The van der Waals surface area contributed by atoms with Gasteiger partial charge in [-0.25, -0.2) is 4.98 Å². The number of imidazole rings is 1. The molecule has 0 N–H and O–H groups in total. The van der Waals surface area contributed by atoms with Crippen molar-refractivity contribution >= 4 is 28.9 Å². The van der Waals surface area contributed by atoms with Crippen LogP contribution in [0, 0.1) is 6.92 Å². The molecule has 2 nitrogen and oxygen atoms in total.